The Bertz CT molecular complexity index is 481. The van der Waals surface area contributed by atoms with Crippen LogP contribution in [0, 0.1) is 5.41 Å². The van der Waals surface area contributed by atoms with Crippen molar-refractivity contribution in [1.29, 1.82) is 0 Å². The summed E-state index contributed by atoms with van der Waals surface area (Å²) in [5, 5.41) is 3.59. The van der Waals surface area contributed by atoms with Crippen LogP contribution in [0.4, 0.5) is 5.69 Å². The number of hydrogen-bond donors (Lipinski definition) is 1. The highest BCUT2D eigenvalue weighted by Crippen LogP contribution is 2.40. The number of para-hydroxylation sites is 1. The van der Waals surface area contributed by atoms with Gasteiger partial charge in [-0.2, -0.15) is 0 Å². The number of nitrogens with one attached hydrogen (secondary N) is 1. The molecule has 3 nitrogen and oxygen atoms in total. The Morgan fingerprint density at radius 1 is 1.24 bits per heavy atom. The van der Waals surface area contributed by atoms with Crippen molar-refractivity contribution in [3.05, 3.63) is 29.8 Å². The highest BCUT2D eigenvalue weighted by atomic mass is 16.5. The van der Waals surface area contributed by atoms with E-state index in [1.807, 2.05) is 6.07 Å². The minimum Gasteiger partial charge on any atom is -0.376 e. The van der Waals surface area contributed by atoms with Crippen molar-refractivity contribution >= 4 is 11.5 Å². The first-order valence-corrected chi connectivity index (χ1v) is 6.06. The van der Waals surface area contributed by atoms with Crippen LogP contribution in [-0.4, -0.2) is 19.0 Å². The van der Waals surface area contributed by atoms with Gasteiger partial charge in [-0.15, -0.1) is 0 Å². The maximum Gasteiger partial charge on any atom is 0.113 e. The second kappa shape index (κ2) is 3.33. The van der Waals surface area contributed by atoms with E-state index in [1.165, 1.54) is 5.56 Å². The molecule has 17 heavy (non-hydrogen) atoms. The van der Waals surface area contributed by atoms with Gasteiger partial charge in [0.1, 0.15) is 11.4 Å². The van der Waals surface area contributed by atoms with E-state index in [4.69, 9.17) is 9.73 Å². The fraction of sp³-hybridized carbons (Fsp3) is 0.500. The van der Waals surface area contributed by atoms with Crippen LogP contribution >= 0.6 is 0 Å². The average molecular weight is 230 g/mol. The third kappa shape index (κ3) is 1.57. The van der Waals surface area contributed by atoms with Crippen LogP contribution < -0.4 is 5.32 Å². The molecule has 0 amide bonds. The van der Waals surface area contributed by atoms with E-state index < -0.39 is 0 Å². The maximum atomic E-state index is 5.42. The molecule has 3 rings (SSSR count). The number of aliphatic imine (C=N–C) groups is 1. The lowest BCUT2D eigenvalue weighted by Gasteiger charge is -2.47. The van der Waals surface area contributed by atoms with Gasteiger partial charge in [0.15, 0.2) is 0 Å². The van der Waals surface area contributed by atoms with Gasteiger partial charge in [0, 0.05) is 11.0 Å². The fourth-order valence-corrected chi connectivity index (χ4v) is 2.31. The maximum absolute atomic E-state index is 5.42. The Balaban J connectivity index is 2.12. The summed E-state index contributed by atoms with van der Waals surface area (Å²) < 4.78 is 5.42. The number of ether oxygens (including phenoxy) is 1. The van der Waals surface area contributed by atoms with Crippen molar-refractivity contribution in [3.63, 3.8) is 0 Å². The second-order valence-corrected chi connectivity index (χ2v) is 5.93. The molecule has 0 radical (unpaired) electrons. The molecule has 0 unspecified atom stereocenters. The molecule has 90 valence electrons. The highest BCUT2D eigenvalue weighted by molar-refractivity contribution is 5.92. The molecule has 2 aliphatic heterocycles. The molecule has 2 heterocycles. The van der Waals surface area contributed by atoms with Gasteiger partial charge in [0.25, 0.3) is 0 Å². The van der Waals surface area contributed by atoms with Gasteiger partial charge in [-0.3, -0.25) is 0 Å². The van der Waals surface area contributed by atoms with Gasteiger partial charge in [0.05, 0.1) is 18.9 Å². The zero-order chi connectivity index (χ0) is 12.1. The molecular weight excluding hydrogens is 212 g/mol. The van der Waals surface area contributed by atoms with Crippen LogP contribution in [0.25, 0.3) is 0 Å². The number of nitrogens with zero attached hydrogens (tertiary/aromatic N) is 1. The molecule has 0 atom stereocenters. The number of amidine groups is 1. The minimum atomic E-state index is -0.0407. The van der Waals surface area contributed by atoms with Crippen molar-refractivity contribution in [1.82, 2.24) is 5.32 Å². The zero-order valence-corrected chi connectivity index (χ0v) is 10.6. The van der Waals surface area contributed by atoms with E-state index >= 15 is 0 Å². The van der Waals surface area contributed by atoms with E-state index in [2.05, 4.69) is 44.3 Å². The number of hydrogen-bond acceptors (Lipinski definition) is 3. The van der Waals surface area contributed by atoms with Crippen molar-refractivity contribution < 1.29 is 4.74 Å². The first kappa shape index (κ1) is 10.8. The van der Waals surface area contributed by atoms with Crippen LogP contribution in [0.15, 0.2) is 29.3 Å². The third-order valence-electron chi connectivity index (χ3n) is 3.42. The lowest BCUT2D eigenvalue weighted by atomic mass is 9.82. The molecule has 0 bridgehead atoms. The molecule has 0 aromatic heterocycles. The predicted octanol–water partition coefficient (Wildman–Crippen LogP) is 2.59. The quantitative estimate of drug-likeness (QED) is 0.743. The molecule has 1 fully saturated rings. The normalized spacial score (nSPS) is 21.2. The van der Waals surface area contributed by atoms with Crippen LogP contribution in [0.5, 0.6) is 0 Å². The molecular formula is C14H18N2O. The van der Waals surface area contributed by atoms with Gasteiger partial charge < -0.3 is 10.1 Å². The van der Waals surface area contributed by atoms with Crippen LogP contribution in [0.1, 0.15) is 26.3 Å². The molecule has 3 heteroatoms. The van der Waals surface area contributed by atoms with Crippen LogP contribution in [-0.2, 0) is 10.3 Å². The van der Waals surface area contributed by atoms with E-state index in [0.29, 0.717) is 0 Å². The van der Waals surface area contributed by atoms with Crippen molar-refractivity contribution in [2.75, 3.05) is 13.2 Å². The summed E-state index contributed by atoms with van der Waals surface area (Å²) in [7, 11) is 0. The Morgan fingerprint density at radius 2 is 1.94 bits per heavy atom. The molecule has 1 saturated heterocycles. The third-order valence-corrected chi connectivity index (χ3v) is 3.42. The number of fused-ring (bicyclic) bond motifs is 2. The summed E-state index contributed by atoms with van der Waals surface area (Å²) in [5.74, 6) is 1.06. The molecule has 2 aliphatic rings. The Kier molecular flexibility index (Phi) is 2.11. The van der Waals surface area contributed by atoms with Crippen LogP contribution in [0.2, 0.25) is 0 Å². The standard InChI is InChI=1S/C14H18N2O/c1-13(2,3)12-15-11-7-5-4-6-10(11)14(16-12)8-17-9-14/h4-7H,8-9H2,1-3H3,(H,15,16). The smallest absolute Gasteiger partial charge is 0.113 e. The van der Waals surface area contributed by atoms with E-state index in [1.54, 1.807) is 0 Å². The van der Waals surface area contributed by atoms with Gasteiger partial charge in [0.2, 0.25) is 0 Å². The van der Waals surface area contributed by atoms with Crippen molar-refractivity contribution in [3.8, 4) is 0 Å². The first-order chi connectivity index (χ1) is 8.01. The van der Waals surface area contributed by atoms with E-state index in [9.17, 15) is 0 Å². The topological polar surface area (TPSA) is 33.6 Å². The lowest BCUT2D eigenvalue weighted by Crippen LogP contribution is -2.62. The summed E-state index contributed by atoms with van der Waals surface area (Å²) in [5.41, 5.74) is 2.34. The Hall–Kier alpha value is -1.35. The largest absolute Gasteiger partial charge is 0.376 e. The monoisotopic (exact) mass is 230 g/mol. The summed E-state index contributed by atoms with van der Waals surface area (Å²) in [6, 6.07) is 8.34. The lowest BCUT2D eigenvalue weighted by molar-refractivity contribution is -0.0701. The summed E-state index contributed by atoms with van der Waals surface area (Å²) in [6.45, 7) is 8.01. The zero-order valence-electron chi connectivity index (χ0n) is 10.6. The molecule has 1 spiro atoms. The molecule has 1 aromatic carbocycles. The molecule has 1 aromatic rings. The Labute approximate surface area is 102 Å². The molecule has 0 aliphatic carbocycles. The molecule has 1 N–H and O–H groups in total. The average Bonchev–Trinajstić information content (AvgIpc) is 2.24. The fourth-order valence-electron chi connectivity index (χ4n) is 2.31. The highest BCUT2D eigenvalue weighted by Gasteiger charge is 2.46. The SMILES string of the molecule is CC(C)(C)C1=Nc2ccccc2C2(COC2)N1. The van der Waals surface area contributed by atoms with Crippen molar-refractivity contribution in [2.45, 2.75) is 26.3 Å². The predicted molar refractivity (Wildman–Crippen MR) is 68.6 cm³/mol. The van der Waals surface area contributed by atoms with Gasteiger partial charge in [-0.05, 0) is 6.07 Å². The number of rotatable bonds is 0. The Morgan fingerprint density at radius 3 is 2.53 bits per heavy atom. The number of benzene rings is 1. The van der Waals surface area contributed by atoms with Crippen molar-refractivity contribution in [2.24, 2.45) is 10.4 Å². The van der Waals surface area contributed by atoms with Gasteiger partial charge in [-0.1, -0.05) is 39.0 Å². The summed E-state index contributed by atoms with van der Waals surface area (Å²) in [6.07, 6.45) is 0. The van der Waals surface area contributed by atoms with Gasteiger partial charge in [-0.25, -0.2) is 4.99 Å². The minimum absolute atomic E-state index is 0.0378. The first-order valence-electron chi connectivity index (χ1n) is 6.06. The second-order valence-electron chi connectivity index (χ2n) is 5.93. The van der Waals surface area contributed by atoms with E-state index in [0.717, 1.165) is 24.7 Å². The van der Waals surface area contributed by atoms with Crippen LogP contribution in [0.3, 0.4) is 0 Å². The summed E-state index contributed by atoms with van der Waals surface area (Å²) in [4.78, 5) is 4.74. The van der Waals surface area contributed by atoms with Gasteiger partial charge >= 0.3 is 0 Å². The summed E-state index contributed by atoms with van der Waals surface area (Å²) >= 11 is 0. The van der Waals surface area contributed by atoms with E-state index in [-0.39, 0.29) is 11.0 Å². The molecule has 0 saturated carbocycles.